The second-order valence-corrected chi connectivity index (χ2v) is 5.39. The molecule has 104 valence electrons. The van der Waals surface area contributed by atoms with E-state index in [2.05, 4.69) is 12.1 Å². The fourth-order valence-electron chi connectivity index (χ4n) is 2.82. The minimum atomic E-state index is -0.396. The van der Waals surface area contributed by atoms with Crippen LogP contribution in [0.1, 0.15) is 38.5 Å². The Kier molecular flexibility index (Phi) is 3.38. The van der Waals surface area contributed by atoms with E-state index in [9.17, 15) is 4.39 Å². The fourth-order valence-corrected chi connectivity index (χ4v) is 2.82. The molecule has 3 rings (SSSR count). The van der Waals surface area contributed by atoms with Gasteiger partial charge >= 0.3 is 0 Å². The molecule has 0 saturated heterocycles. The van der Waals surface area contributed by atoms with E-state index in [0.717, 1.165) is 42.6 Å². The molecule has 0 heterocycles. The van der Waals surface area contributed by atoms with Crippen LogP contribution in [0.25, 0.3) is 0 Å². The van der Waals surface area contributed by atoms with Gasteiger partial charge in [-0.3, -0.25) is 0 Å². The third kappa shape index (κ3) is 2.69. The topological polar surface area (TPSA) is 3.24 Å². The van der Waals surface area contributed by atoms with Crippen molar-refractivity contribution in [3.8, 4) is 0 Å². The van der Waals surface area contributed by atoms with Crippen LogP contribution in [-0.2, 0) is 0 Å². The van der Waals surface area contributed by atoms with Crippen LogP contribution in [0.2, 0.25) is 0 Å². The lowest BCUT2D eigenvalue weighted by molar-refractivity contribution is 0.628. The van der Waals surface area contributed by atoms with E-state index < -0.39 is 5.89 Å². The zero-order valence-electron chi connectivity index (χ0n) is 12.8. The lowest BCUT2D eigenvalue weighted by atomic mass is 9.97. The van der Waals surface area contributed by atoms with E-state index in [-0.39, 0.29) is 5.82 Å². The summed E-state index contributed by atoms with van der Waals surface area (Å²) in [4.78, 5) is 2.02. The van der Waals surface area contributed by atoms with Crippen molar-refractivity contribution in [3.63, 3.8) is 0 Å². The largest absolute Gasteiger partial charge is 0.345 e. The van der Waals surface area contributed by atoms with E-state index in [1.54, 1.807) is 12.1 Å². The summed E-state index contributed by atoms with van der Waals surface area (Å²) in [7, 11) is 1.97. The molecule has 20 heavy (non-hydrogen) atoms. The van der Waals surface area contributed by atoms with Crippen LogP contribution in [0.4, 0.5) is 15.8 Å². The van der Waals surface area contributed by atoms with E-state index >= 15 is 0 Å². The second kappa shape index (κ2) is 5.66. The summed E-state index contributed by atoms with van der Waals surface area (Å²) in [6.07, 6.45) is 4.22. The van der Waals surface area contributed by atoms with E-state index in [1.165, 1.54) is 12.1 Å². The first-order valence-electron chi connectivity index (χ1n) is 7.68. The van der Waals surface area contributed by atoms with Gasteiger partial charge < -0.3 is 4.90 Å². The Balaban J connectivity index is 1.82. The minimum Gasteiger partial charge on any atom is -0.345 e. The van der Waals surface area contributed by atoms with Gasteiger partial charge in [0.1, 0.15) is 5.82 Å². The Morgan fingerprint density at radius 1 is 0.950 bits per heavy atom. The van der Waals surface area contributed by atoms with Crippen LogP contribution in [0, 0.1) is 5.82 Å². The van der Waals surface area contributed by atoms with Gasteiger partial charge in [0.05, 0.1) is 0 Å². The summed E-state index contributed by atoms with van der Waals surface area (Å²) < 4.78 is 21.5. The van der Waals surface area contributed by atoms with Crippen molar-refractivity contribution < 1.29 is 5.76 Å². The Labute approximate surface area is 121 Å². The molecule has 0 bridgehead atoms. The van der Waals surface area contributed by atoms with Crippen molar-refractivity contribution in [1.82, 2.24) is 0 Å². The number of hydrogen-bond acceptors (Lipinski definition) is 1. The lowest BCUT2D eigenvalue weighted by Gasteiger charge is -2.20. The number of halogens is 1. The molecule has 0 amide bonds. The number of anilines is 2. The lowest BCUT2D eigenvalue weighted by Crippen LogP contribution is -2.09. The van der Waals surface area contributed by atoms with Crippen LogP contribution in [0.15, 0.2) is 48.5 Å². The molecule has 1 aliphatic rings. The highest BCUT2D eigenvalue weighted by Crippen LogP contribution is 2.35. The number of hydrogen-bond donors (Lipinski definition) is 0. The normalized spacial score (nSPS) is 17.8. The van der Waals surface area contributed by atoms with Crippen molar-refractivity contribution in [2.45, 2.75) is 31.6 Å². The highest BCUT2D eigenvalue weighted by molar-refractivity contribution is 5.62. The van der Waals surface area contributed by atoms with Gasteiger partial charge in [-0.15, -0.1) is 0 Å². The van der Waals surface area contributed by atoms with Crippen molar-refractivity contribution in [2.75, 3.05) is 11.9 Å². The predicted molar refractivity (Wildman–Crippen MR) is 82.1 cm³/mol. The third-order valence-corrected chi connectivity index (χ3v) is 4.08. The molecule has 1 fully saturated rings. The van der Waals surface area contributed by atoms with Crippen LogP contribution < -0.4 is 4.90 Å². The van der Waals surface area contributed by atoms with Gasteiger partial charge in [-0.1, -0.05) is 25.0 Å². The van der Waals surface area contributed by atoms with Gasteiger partial charge in [0.15, 0.2) is 0 Å². The van der Waals surface area contributed by atoms with Gasteiger partial charge in [-0.05, 0) is 60.7 Å². The maximum atomic E-state index is 13.0. The highest BCUT2D eigenvalue weighted by atomic mass is 19.1. The zero-order chi connectivity index (χ0) is 14.9. The summed E-state index contributed by atoms with van der Waals surface area (Å²) in [5.74, 6) is -0.618. The fraction of sp³-hybridized carbons (Fsp3) is 0.333. The van der Waals surface area contributed by atoms with Gasteiger partial charge in [0, 0.05) is 19.8 Å². The van der Waals surface area contributed by atoms with Gasteiger partial charge in [-0.25, -0.2) is 4.39 Å². The van der Waals surface area contributed by atoms with Crippen molar-refractivity contribution in [1.29, 1.82) is 0 Å². The van der Waals surface area contributed by atoms with Gasteiger partial charge in [0.2, 0.25) is 0 Å². The van der Waals surface area contributed by atoms with E-state index in [4.69, 9.17) is 1.37 Å². The third-order valence-electron chi connectivity index (χ3n) is 4.08. The second-order valence-electron chi connectivity index (χ2n) is 5.39. The molecule has 0 atom stereocenters. The van der Waals surface area contributed by atoms with Gasteiger partial charge in [0.25, 0.3) is 0 Å². The quantitative estimate of drug-likeness (QED) is 0.736. The monoisotopic (exact) mass is 270 g/mol. The highest BCUT2D eigenvalue weighted by Gasteiger charge is 2.16. The van der Waals surface area contributed by atoms with Crippen molar-refractivity contribution >= 4 is 11.4 Å². The Morgan fingerprint density at radius 3 is 2.00 bits per heavy atom. The molecule has 2 aromatic carbocycles. The molecule has 0 aromatic heterocycles. The molecule has 0 spiro atoms. The standard InChI is InChI=1S/C18H20FN/c1-20(18-12-8-16(19)9-13-18)17-10-6-15(7-11-17)14-4-2-3-5-14/h6-14H,2-5H2,1H3/i14D. The maximum Gasteiger partial charge on any atom is 0.123 e. The van der Waals surface area contributed by atoms with E-state index in [0.29, 0.717) is 0 Å². The molecule has 2 aromatic rings. The maximum absolute atomic E-state index is 13.0. The molecular weight excluding hydrogens is 249 g/mol. The average molecular weight is 270 g/mol. The average Bonchev–Trinajstić information content (AvgIpc) is 2.96. The van der Waals surface area contributed by atoms with Crippen LogP contribution in [-0.4, -0.2) is 7.05 Å². The molecule has 0 radical (unpaired) electrons. The molecule has 2 heteroatoms. The first kappa shape index (κ1) is 12.0. The molecule has 0 unspecified atom stereocenters. The summed E-state index contributed by atoms with van der Waals surface area (Å²) in [5.41, 5.74) is 3.11. The minimum absolute atomic E-state index is 0.222. The SMILES string of the molecule is [2H]C1(c2ccc(N(C)c3ccc(F)cc3)cc2)CCCC1. The zero-order valence-corrected chi connectivity index (χ0v) is 11.8. The first-order valence-corrected chi connectivity index (χ1v) is 7.18. The van der Waals surface area contributed by atoms with Gasteiger partial charge in [-0.2, -0.15) is 0 Å². The Bertz CT molecular complexity index is 600. The molecule has 1 nitrogen and oxygen atoms in total. The van der Waals surface area contributed by atoms with Crippen molar-refractivity contribution in [3.05, 3.63) is 59.9 Å². The van der Waals surface area contributed by atoms with Crippen LogP contribution in [0.5, 0.6) is 0 Å². The van der Waals surface area contributed by atoms with Crippen molar-refractivity contribution in [2.24, 2.45) is 0 Å². The summed E-state index contributed by atoms with van der Waals surface area (Å²) >= 11 is 0. The predicted octanol–water partition coefficient (Wildman–Crippen LogP) is 5.25. The Hall–Kier alpha value is -1.83. The Morgan fingerprint density at radius 2 is 1.45 bits per heavy atom. The molecule has 1 saturated carbocycles. The first-order chi connectivity index (χ1) is 10.1. The number of rotatable bonds is 3. The molecular formula is C18H20FN. The molecule has 1 aliphatic carbocycles. The summed E-state index contributed by atoms with van der Waals surface area (Å²) in [6, 6.07) is 14.7. The summed E-state index contributed by atoms with van der Waals surface area (Å²) in [5, 5.41) is 0. The molecule has 0 N–H and O–H groups in total. The smallest absolute Gasteiger partial charge is 0.123 e. The number of nitrogens with zero attached hydrogens (tertiary/aromatic N) is 1. The van der Waals surface area contributed by atoms with Crippen LogP contribution in [0.3, 0.4) is 0 Å². The number of benzene rings is 2. The van der Waals surface area contributed by atoms with Crippen LogP contribution >= 0.6 is 0 Å². The van der Waals surface area contributed by atoms with E-state index in [1.807, 2.05) is 24.1 Å². The summed E-state index contributed by atoms with van der Waals surface area (Å²) in [6.45, 7) is 0. The molecule has 0 aliphatic heterocycles.